The Morgan fingerprint density at radius 2 is 1.91 bits per heavy atom. The van der Waals surface area contributed by atoms with Gasteiger partial charge in [0.2, 0.25) is 0 Å². The maximum atomic E-state index is 13.5. The Morgan fingerprint density at radius 3 is 2.65 bits per heavy atom. The number of rotatable bonds is 2. The number of hydrogen-bond acceptors (Lipinski definition) is 2. The summed E-state index contributed by atoms with van der Waals surface area (Å²) in [6.07, 6.45) is 0. The Hall–Kier alpha value is -2.27. The fourth-order valence-corrected chi connectivity index (χ4v) is 3.02. The molecule has 0 spiro atoms. The van der Waals surface area contributed by atoms with E-state index >= 15 is 0 Å². The molecule has 3 aromatic rings. The summed E-state index contributed by atoms with van der Waals surface area (Å²) in [6, 6.07) is 11.6. The van der Waals surface area contributed by atoms with Crippen LogP contribution in [-0.4, -0.2) is 10.9 Å². The third kappa shape index (κ3) is 3.24. The van der Waals surface area contributed by atoms with Gasteiger partial charge in [-0.25, -0.2) is 4.39 Å². The molecule has 1 amide bonds. The van der Waals surface area contributed by atoms with Gasteiger partial charge >= 0.3 is 0 Å². The minimum atomic E-state index is -0.395. The molecule has 0 bridgehead atoms. The molecule has 0 atom stereocenters. The van der Waals surface area contributed by atoms with Crippen LogP contribution >= 0.6 is 15.9 Å². The second kappa shape index (κ2) is 6.08. The van der Waals surface area contributed by atoms with Crippen molar-refractivity contribution < 1.29 is 9.18 Å². The average Bonchev–Trinajstić information content (AvgIpc) is 2.49. The Kier molecular flexibility index (Phi) is 4.13. The van der Waals surface area contributed by atoms with Crippen molar-refractivity contribution >= 4 is 38.4 Å². The maximum Gasteiger partial charge on any atom is 0.256 e. The molecule has 116 valence electrons. The van der Waals surface area contributed by atoms with E-state index in [0.29, 0.717) is 27.8 Å². The Labute approximate surface area is 141 Å². The van der Waals surface area contributed by atoms with Crippen molar-refractivity contribution in [2.24, 2.45) is 0 Å². The quantitative estimate of drug-likeness (QED) is 0.687. The molecule has 0 aliphatic carbocycles. The van der Waals surface area contributed by atoms with Crippen molar-refractivity contribution in [1.29, 1.82) is 0 Å². The molecule has 1 aromatic heterocycles. The number of carbonyl (C=O) groups excluding carboxylic acids is 1. The van der Waals surface area contributed by atoms with Gasteiger partial charge in [-0.05, 0) is 71.7 Å². The first-order valence-corrected chi connectivity index (χ1v) is 7.88. The van der Waals surface area contributed by atoms with Gasteiger partial charge in [-0.1, -0.05) is 6.07 Å². The number of halogens is 2. The number of amides is 1. The number of aryl methyl sites for hydroxylation is 2. The maximum absolute atomic E-state index is 13.5. The summed E-state index contributed by atoms with van der Waals surface area (Å²) >= 11 is 3.44. The van der Waals surface area contributed by atoms with Crippen molar-refractivity contribution in [3.8, 4) is 0 Å². The van der Waals surface area contributed by atoms with Gasteiger partial charge in [0.1, 0.15) is 5.82 Å². The molecule has 0 saturated heterocycles. The minimum absolute atomic E-state index is 0.296. The average molecular weight is 373 g/mol. The van der Waals surface area contributed by atoms with Gasteiger partial charge in [-0.3, -0.25) is 9.78 Å². The van der Waals surface area contributed by atoms with E-state index in [2.05, 4.69) is 26.2 Å². The monoisotopic (exact) mass is 372 g/mol. The van der Waals surface area contributed by atoms with E-state index in [-0.39, 0.29) is 5.91 Å². The van der Waals surface area contributed by atoms with E-state index < -0.39 is 5.82 Å². The molecule has 0 unspecified atom stereocenters. The summed E-state index contributed by atoms with van der Waals surface area (Å²) in [4.78, 5) is 17.0. The largest absolute Gasteiger partial charge is 0.321 e. The van der Waals surface area contributed by atoms with Crippen molar-refractivity contribution in [3.05, 3.63) is 69.6 Å². The summed E-state index contributed by atoms with van der Waals surface area (Å²) in [5.74, 6) is -0.690. The van der Waals surface area contributed by atoms with E-state index in [1.807, 2.05) is 25.1 Å². The Morgan fingerprint density at radius 1 is 1.13 bits per heavy atom. The normalized spacial score (nSPS) is 10.8. The summed E-state index contributed by atoms with van der Waals surface area (Å²) in [6.45, 7) is 3.78. The van der Waals surface area contributed by atoms with Crippen LogP contribution in [0.1, 0.15) is 21.6 Å². The summed E-state index contributed by atoms with van der Waals surface area (Å²) in [7, 11) is 0. The lowest BCUT2D eigenvalue weighted by Gasteiger charge is -2.11. The van der Waals surface area contributed by atoms with Crippen LogP contribution in [-0.2, 0) is 0 Å². The zero-order valence-corrected chi connectivity index (χ0v) is 14.2. The molecular formula is C18H14BrFN2O. The van der Waals surface area contributed by atoms with Gasteiger partial charge in [-0.2, -0.15) is 0 Å². The highest BCUT2D eigenvalue weighted by Crippen LogP contribution is 2.26. The van der Waals surface area contributed by atoms with E-state index in [1.54, 1.807) is 19.1 Å². The molecule has 1 heterocycles. The van der Waals surface area contributed by atoms with Crippen LogP contribution in [0.15, 0.2) is 46.9 Å². The highest BCUT2D eigenvalue weighted by Gasteiger charge is 2.14. The molecule has 0 radical (unpaired) electrons. The fourth-order valence-electron chi connectivity index (χ4n) is 2.43. The standard InChI is InChI=1S/C18H14BrFN2O/c1-10-3-5-17(15(19)7-10)22-18(23)14-8-11(2)21-16-6-4-12(20)9-13(14)16/h3-9H,1-2H3,(H,22,23). The number of pyridine rings is 1. The van der Waals surface area contributed by atoms with Crippen LogP contribution < -0.4 is 5.32 Å². The molecule has 23 heavy (non-hydrogen) atoms. The number of fused-ring (bicyclic) bond motifs is 1. The van der Waals surface area contributed by atoms with Crippen LogP contribution in [0, 0.1) is 19.7 Å². The lowest BCUT2D eigenvalue weighted by atomic mass is 10.1. The highest BCUT2D eigenvalue weighted by molar-refractivity contribution is 9.10. The van der Waals surface area contributed by atoms with Crippen LogP contribution in [0.3, 0.4) is 0 Å². The molecule has 3 rings (SSSR count). The smallest absolute Gasteiger partial charge is 0.256 e. The predicted octanol–water partition coefficient (Wildman–Crippen LogP) is 5.01. The second-order valence-corrected chi connectivity index (χ2v) is 6.26. The van der Waals surface area contributed by atoms with Gasteiger partial charge in [0.05, 0.1) is 16.8 Å². The van der Waals surface area contributed by atoms with Crippen molar-refractivity contribution in [2.75, 3.05) is 5.32 Å². The van der Waals surface area contributed by atoms with Crippen molar-refractivity contribution in [1.82, 2.24) is 4.98 Å². The molecule has 1 N–H and O–H groups in total. The van der Waals surface area contributed by atoms with Gasteiger partial charge in [0, 0.05) is 15.6 Å². The van der Waals surface area contributed by atoms with Crippen LogP contribution in [0.4, 0.5) is 10.1 Å². The number of anilines is 1. The van der Waals surface area contributed by atoms with Crippen LogP contribution in [0.2, 0.25) is 0 Å². The lowest BCUT2D eigenvalue weighted by Crippen LogP contribution is -2.13. The topological polar surface area (TPSA) is 42.0 Å². The van der Waals surface area contributed by atoms with E-state index in [9.17, 15) is 9.18 Å². The lowest BCUT2D eigenvalue weighted by molar-refractivity contribution is 0.102. The molecule has 0 fully saturated rings. The number of benzene rings is 2. The Balaban J connectivity index is 2.05. The zero-order chi connectivity index (χ0) is 16.6. The number of carbonyl (C=O) groups is 1. The SMILES string of the molecule is Cc1ccc(NC(=O)c2cc(C)nc3ccc(F)cc23)c(Br)c1. The van der Waals surface area contributed by atoms with Crippen LogP contribution in [0.5, 0.6) is 0 Å². The van der Waals surface area contributed by atoms with Gasteiger partial charge in [-0.15, -0.1) is 0 Å². The number of aromatic nitrogens is 1. The molecule has 2 aromatic carbocycles. The fraction of sp³-hybridized carbons (Fsp3) is 0.111. The van der Waals surface area contributed by atoms with Gasteiger partial charge in [0.25, 0.3) is 5.91 Å². The third-order valence-electron chi connectivity index (χ3n) is 3.52. The van der Waals surface area contributed by atoms with E-state index in [4.69, 9.17) is 0 Å². The van der Waals surface area contributed by atoms with Crippen LogP contribution in [0.25, 0.3) is 10.9 Å². The van der Waals surface area contributed by atoms with E-state index in [1.165, 1.54) is 12.1 Å². The first kappa shape index (κ1) is 15.6. The highest BCUT2D eigenvalue weighted by atomic mass is 79.9. The van der Waals surface area contributed by atoms with Gasteiger partial charge < -0.3 is 5.32 Å². The predicted molar refractivity (Wildman–Crippen MR) is 93.3 cm³/mol. The summed E-state index contributed by atoms with van der Waals surface area (Å²) < 4.78 is 14.3. The molecule has 0 saturated carbocycles. The first-order valence-electron chi connectivity index (χ1n) is 7.08. The number of nitrogens with one attached hydrogen (secondary N) is 1. The molecule has 0 aliphatic rings. The molecule has 3 nitrogen and oxygen atoms in total. The first-order chi connectivity index (χ1) is 10.9. The summed E-state index contributed by atoms with van der Waals surface area (Å²) in [5, 5.41) is 3.35. The number of nitrogens with zero attached hydrogens (tertiary/aromatic N) is 1. The van der Waals surface area contributed by atoms with E-state index in [0.717, 1.165) is 10.0 Å². The van der Waals surface area contributed by atoms with Gasteiger partial charge in [0.15, 0.2) is 0 Å². The minimum Gasteiger partial charge on any atom is -0.321 e. The molecular weight excluding hydrogens is 359 g/mol. The van der Waals surface area contributed by atoms with Crippen molar-refractivity contribution in [2.45, 2.75) is 13.8 Å². The van der Waals surface area contributed by atoms with Crippen molar-refractivity contribution in [3.63, 3.8) is 0 Å². The third-order valence-corrected chi connectivity index (χ3v) is 4.17. The zero-order valence-electron chi connectivity index (χ0n) is 12.7. The Bertz CT molecular complexity index is 924. The number of hydrogen-bond donors (Lipinski definition) is 1. The molecule has 5 heteroatoms. The second-order valence-electron chi connectivity index (χ2n) is 5.41. The molecule has 0 aliphatic heterocycles. The summed E-state index contributed by atoms with van der Waals surface area (Å²) in [5.41, 5.74) is 3.46.